The third-order valence-electron chi connectivity index (χ3n) is 2.78. The lowest BCUT2D eigenvalue weighted by Gasteiger charge is -2.15. The van der Waals surface area contributed by atoms with Gasteiger partial charge in [0.1, 0.15) is 0 Å². The molecule has 0 radical (unpaired) electrons. The lowest BCUT2D eigenvalue weighted by molar-refractivity contribution is -0.384. The van der Waals surface area contributed by atoms with E-state index in [0.29, 0.717) is 0 Å². The standard InChI is InChI=1S/C12H19N3O2/c1-4-14(3)8-7-13-12-9-11(15(16)17)6-5-10(12)2/h5-6,9,13H,4,7-8H2,1-3H3. The Kier molecular flexibility index (Phi) is 4.90. The van der Waals surface area contributed by atoms with Crippen LogP contribution >= 0.6 is 0 Å². The van der Waals surface area contributed by atoms with E-state index < -0.39 is 0 Å². The second kappa shape index (κ2) is 6.20. The molecule has 0 saturated carbocycles. The van der Waals surface area contributed by atoms with Gasteiger partial charge in [-0.05, 0) is 26.1 Å². The van der Waals surface area contributed by atoms with Gasteiger partial charge in [-0.3, -0.25) is 10.1 Å². The SMILES string of the molecule is CCN(C)CCNc1cc([N+](=O)[O-])ccc1C. The fraction of sp³-hybridized carbons (Fsp3) is 0.500. The number of hydrogen-bond donors (Lipinski definition) is 1. The lowest BCUT2D eigenvalue weighted by Crippen LogP contribution is -2.24. The molecule has 0 aliphatic rings. The molecule has 0 amide bonds. The molecule has 0 heterocycles. The molecular formula is C12H19N3O2. The number of nitro benzene ring substituents is 1. The molecular weight excluding hydrogens is 218 g/mol. The van der Waals surface area contributed by atoms with E-state index >= 15 is 0 Å². The second-order valence-corrected chi connectivity index (χ2v) is 4.08. The maximum atomic E-state index is 10.7. The van der Waals surface area contributed by atoms with Gasteiger partial charge in [0.05, 0.1) is 4.92 Å². The minimum Gasteiger partial charge on any atom is -0.383 e. The van der Waals surface area contributed by atoms with Crippen LogP contribution in [0.2, 0.25) is 0 Å². The molecule has 0 saturated heterocycles. The van der Waals surface area contributed by atoms with Crippen molar-refractivity contribution >= 4 is 11.4 Å². The number of benzene rings is 1. The van der Waals surface area contributed by atoms with E-state index in [1.807, 2.05) is 14.0 Å². The maximum absolute atomic E-state index is 10.7. The molecule has 17 heavy (non-hydrogen) atoms. The highest BCUT2D eigenvalue weighted by Gasteiger charge is 2.08. The van der Waals surface area contributed by atoms with Gasteiger partial charge in [0.25, 0.3) is 5.69 Å². The van der Waals surface area contributed by atoms with Gasteiger partial charge in [0, 0.05) is 30.9 Å². The zero-order valence-corrected chi connectivity index (χ0v) is 10.6. The van der Waals surface area contributed by atoms with Gasteiger partial charge in [-0.2, -0.15) is 0 Å². The average Bonchev–Trinajstić information content (AvgIpc) is 2.30. The van der Waals surface area contributed by atoms with Gasteiger partial charge < -0.3 is 10.2 Å². The summed E-state index contributed by atoms with van der Waals surface area (Å²) in [6.45, 7) is 6.73. The molecule has 0 spiro atoms. The molecule has 0 atom stereocenters. The Labute approximate surface area is 102 Å². The van der Waals surface area contributed by atoms with Crippen LogP contribution in [0.5, 0.6) is 0 Å². The fourth-order valence-electron chi connectivity index (χ4n) is 1.45. The predicted octanol–water partition coefficient (Wildman–Crippen LogP) is 2.27. The summed E-state index contributed by atoms with van der Waals surface area (Å²) in [6.07, 6.45) is 0. The summed E-state index contributed by atoms with van der Waals surface area (Å²) in [6, 6.07) is 4.88. The van der Waals surface area contributed by atoms with Crippen molar-refractivity contribution in [3.63, 3.8) is 0 Å². The quantitative estimate of drug-likeness (QED) is 0.609. The number of hydrogen-bond acceptors (Lipinski definition) is 4. The van der Waals surface area contributed by atoms with E-state index in [4.69, 9.17) is 0 Å². The molecule has 5 heteroatoms. The summed E-state index contributed by atoms with van der Waals surface area (Å²) in [5.41, 5.74) is 1.99. The summed E-state index contributed by atoms with van der Waals surface area (Å²) in [5, 5.41) is 13.9. The van der Waals surface area contributed by atoms with Gasteiger partial charge >= 0.3 is 0 Å². The van der Waals surface area contributed by atoms with E-state index in [1.165, 1.54) is 6.07 Å². The van der Waals surface area contributed by atoms with Crippen molar-refractivity contribution in [3.05, 3.63) is 33.9 Å². The Hall–Kier alpha value is -1.62. The zero-order chi connectivity index (χ0) is 12.8. The molecule has 1 rings (SSSR count). The number of nitrogens with one attached hydrogen (secondary N) is 1. The monoisotopic (exact) mass is 237 g/mol. The largest absolute Gasteiger partial charge is 0.383 e. The first-order valence-corrected chi connectivity index (χ1v) is 5.72. The van der Waals surface area contributed by atoms with Crippen molar-refractivity contribution in [1.82, 2.24) is 4.90 Å². The third kappa shape index (κ3) is 4.03. The van der Waals surface area contributed by atoms with Crippen LogP contribution in [-0.4, -0.2) is 36.5 Å². The molecule has 1 aromatic carbocycles. The van der Waals surface area contributed by atoms with Gasteiger partial charge in [0.2, 0.25) is 0 Å². The lowest BCUT2D eigenvalue weighted by atomic mass is 10.2. The van der Waals surface area contributed by atoms with Crippen molar-refractivity contribution in [2.75, 3.05) is 32.0 Å². The Morgan fingerprint density at radius 1 is 1.47 bits per heavy atom. The highest BCUT2D eigenvalue weighted by atomic mass is 16.6. The van der Waals surface area contributed by atoms with Crippen molar-refractivity contribution in [2.24, 2.45) is 0 Å². The van der Waals surface area contributed by atoms with E-state index in [0.717, 1.165) is 30.9 Å². The Balaban J connectivity index is 2.63. The summed E-state index contributed by atoms with van der Waals surface area (Å²) in [5.74, 6) is 0. The molecule has 0 unspecified atom stereocenters. The zero-order valence-electron chi connectivity index (χ0n) is 10.6. The number of nitro groups is 1. The van der Waals surface area contributed by atoms with E-state index in [-0.39, 0.29) is 10.6 Å². The van der Waals surface area contributed by atoms with Crippen molar-refractivity contribution in [1.29, 1.82) is 0 Å². The van der Waals surface area contributed by atoms with Gasteiger partial charge in [0.15, 0.2) is 0 Å². The molecule has 1 N–H and O–H groups in total. The average molecular weight is 237 g/mol. The van der Waals surface area contributed by atoms with Crippen LogP contribution in [0.25, 0.3) is 0 Å². The minimum absolute atomic E-state index is 0.127. The smallest absolute Gasteiger partial charge is 0.271 e. The summed E-state index contributed by atoms with van der Waals surface area (Å²) < 4.78 is 0. The van der Waals surface area contributed by atoms with Gasteiger partial charge in [-0.25, -0.2) is 0 Å². The minimum atomic E-state index is -0.372. The van der Waals surface area contributed by atoms with Crippen LogP contribution in [-0.2, 0) is 0 Å². The summed E-state index contributed by atoms with van der Waals surface area (Å²) >= 11 is 0. The van der Waals surface area contributed by atoms with Crippen LogP contribution in [0.1, 0.15) is 12.5 Å². The highest BCUT2D eigenvalue weighted by Crippen LogP contribution is 2.21. The van der Waals surface area contributed by atoms with E-state index in [9.17, 15) is 10.1 Å². The first kappa shape index (κ1) is 13.4. The number of anilines is 1. The normalized spacial score (nSPS) is 10.6. The van der Waals surface area contributed by atoms with Crippen molar-refractivity contribution in [3.8, 4) is 0 Å². The maximum Gasteiger partial charge on any atom is 0.271 e. The Morgan fingerprint density at radius 2 is 2.18 bits per heavy atom. The van der Waals surface area contributed by atoms with Crippen LogP contribution in [0.3, 0.4) is 0 Å². The first-order chi connectivity index (χ1) is 8.04. The van der Waals surface area contributed by atoms with Crippen molar-refractivity contribution in [2.45, 2.75) is 13.8 Å². The molecule has 1 aromatic rings. The van der Waals surface area contributed by atoms with E-state index in [2.05, 4.69) is 17.1 Å². The number of likely N-dealkylation sites (N-methyl/N-ethyl adjacent to an activating group) is 1. The highest BCUT2D eigenvalue weighted by molar-refractivity contribution is 5.56. The van der Waals surface area contributed by atoms with Crippen LogP contribution < -0.4 is 5.32 Å². The summed E-state index contributed by atoms with van der Waals surface area (Å²) in [7, 11) is 2.04. The van der Waals surface area contributed by atoms with Crippen LogP contribution in [0, 0.1) is 17.0 Å². The Morgan fingerprint density at radius 3 is 2.76 bits per heavy atom. The number of aryl methyl sites for hydroxylation is 1. The molecule has 0 aliphatic carbocycles. The fourth-order valence-corrected chi connectivity index (χ4v) is 1.45. The number of rotatable bonds is 6. The molecule has 0 bridgehead atoms. The van der Waals surface area contributed by atoms with Crippen LogP contribution in [0.15, 0.2) is 18.2 Å². The van der Waals surface area contributed by atoms with Gasteiger partial charge in [-0.1, -0.05) is 13.0 Å². The third-order valence-corrected chi connectivity index (χ3v) is 2.78. The molecule has 0 fully saturated rings. The van der Waals surface area contributed by atoms with Gasteiger partial charge in [-0.15, -0.1) is 0 Å². The molecule has 5 nitrogen and oxygen atoms in total. The first-order valence-electron chi connectivity index (χ1n) is 5.72. The Bertz CT molecular complexity index is 393. The summed E-state index contributed by atoms with van der Waals surface area (Å²) in [4.78, 5) is 12.5. The van der Waals surface area contributed by atoms with Crippen molar-refractivity contribution < 1.29 is 4.92 Å². The number of non-ortho nitro benzene ring substituents is 1. The number of nitrogens with zero attached hydrogens (tertiary/aromatic N) is 2. The topological polar surface area (TPSA) is 58.4 Å². The predicted molar refractivity (Wildman–Crippen MR) is 69.5 cm³/mol. The molecule has 0 aromatic heterocycles. The molecule has 94 valence electrons. The molecule has 0 aliphatic heterocycles. The van der Waals surface area contributed by atoms with E-state index in [1.54, 1.807) is 12.1 Å². The van der Waals surface area contributed by atoms with Crippen LogP contribution in [0.4, 0.5) is 11.4 Å². The second-order valence-electron chi connectivity index (χ2n) is 4.08.